The lowest BCUT2D eigenvalue weighted by Gasteiger charge is -2.31. The summed E-state index contributed by atoms with van der Waals surface area (Å²) in [7, 11) is 0. The minimum atomic E-state index is -1.96. The molecule has 1 fully saturated rings. The average molecular weight is 382 g/mol. The van der Waals surface area contributed by atoms with Gasteiger partial charge in [0.25, 0.3) is 5.91 Å². The maximum absolute atomic E-state index is 13.2. The van der Waals surface area contributed by atoms with E-state index in [9.17, 15) is 19.8 Å². The van der Waals surface area contributed by atoms with Crippen LogP contribution < -0.4 is 4.90 Å². The van der Waals surface area contributed by atoms with Crippen LogP contribution in [0.15, 0.2) is 48.5 Å². The van der Waals surface area contributed by atoms with Crippen molar-refractivity contribution in [3.05, 3.63) is 59.7 Å². The minimum absolute atomic E-state index is 0.0906. The minimum Gasteiger partial charge on any atom is -0.507 e. The maximum Gasteiger partial charge on any atom is 0.265 e. The highest BCUT2D eigenvalue weighted by molar-refractivity contribution is 6.11. The molecule has 28 heavy (non-hydrogen) atoms. The van der Waals surface area contributed by atoms with Gasteiger partial charge in [-0.15, -0.1) is 0 Å². The van der Waals surface area contributed by atoms with Crippen molar-refractivity contribution in [2.45, 2.75) is 12.0 Å². The number of benzene rings is 2. The number of para-hydroxylation sites is 2. The Labute approximate surface area is 162 Å². The van der Waals surface area contributed by atoms with E-state index >= 15 is 0 Å². The second kappa shape index (κ2) is 7.35. The first kappa shape index (κ1) is 18.6. The first-order valence-electron chi connectivity index (χ1n) is 9.26. The van der Waals surface area contributed by atoms with Crippen molar-refractivity contribution >= 4 is 17.4 Å². The van der Waals surface area contributed by atoms with Crippen molar-refractivity contribution in [3.63, 3.8) is 0 Å². The lowest BCUT2D eigenvalue weighted by molar-refractivity contribution is -0.136. The number of hydrogen-bond donors (Lipinski definition) is 2. The van der Waals surface area contributed by atoms with Crippen LogP contribution in [0.4, 0.5) is 5.69 Å². The number of Topliss-reactive ketones (excluding diaryl/α,β-unsaturated/α-hetero) is 1. The average Bonchev–Trinajstić information content (AvgIpc) is 2.91. The molecule has 0 bridgehead atoms. The highest BCUT2D eigenvalue weighted by Gasteiger charge is 2.51. The fraction of sp³-hybridized carbons (Fsp3) is 0.333. The van der Waals surface area contributed by atoms with E-state index in [0.717, 1.165) is 0 Å². The Morgan fingerprint density at radius 3 is 2.50 bits per heavy atom. The number of ketones is 1. The number of phenolic OH excluding ortho intramolecular Hbond substituents is 1. The number of aromatic hydroxyl groups is 1. The van der Waals surface area contributed by atoms with E-state index in [1.807, 2.05) is 0 Å². The van der Waals surface area contributed by atoms with Gasteiger partial charge in [-0.2, -0.15) is 0 Å². The van der Waals surface area contributed by atoms with Gasteiger partial charge in [0, 0.05) is 18.7 Å². The van der Waals surface area contributed by atoms with Crippen LogP contribution >= 0.6 is 0 Å². The zero-order valence-electron chi connectivity index (χ0n) is 15.4. The lowest BCUT2D eigenvalue weighted by atomic mass is 9.88. The van der Waals surface area contributed by atoms with Gasteiger partial charge in [-0.05, 0) is 18.2 Å². The summed E-state index contributed by atoms with van der Waals surface area (Å²) < 4.78 is 5.35. The number of phenols is 1. The largest absolute Gasteiger partial charge is 0.507 e. The van der Waals surface area contributed by atoms with Crippen LogP contribution in [0, 0.1) is 0 Å². The van der Waals surface area contributed by atoms with Crippen LogP contribution in [0.25, 0.3) is 0 Å². The molecule has 0 aromatic heterocycles. The monoisotopic (exact) mass is 382 g/mol. The topological polar surface area (TPSA) is 90.3 Å². The highest BCUT2D eigenvalue weighted by atomic mass is 16.5. The fourth-order valence-electron chi connectivity index (χ4n) is 3.80. The van der Waals surface area contributed by atoms with Crippen LogP contribution in [-0.4, -0.2) is 59.8 Å². The van der Waals surface area contributed by atoms with Gasteiger partial charge in [0.2, 0.25) is 0 Å². The van der Waals surface area contributed by atoms with E-state index < -0.39 is 23.7 Å². The molecule has 0 aliphatic carbocycles. The number of carbonyl (C=O) groups excluding carboxylic acids is 2. The molecule has 1 saturated heterocycles. The van der Waals surface area contributed by atoms with Gasteiger partial charge in [-0.1, -0.05) is 30.3 Å². The number of carbonyl (C=O) groups is 2. The second-order valence-electron chi connectivity index (χ2n) is 7.10. The molecule has 7 heteroatoms. The molecule has 0 spiro atoms. The summed E-state index contributed by atoms with van der Waals surface area (Å²) in [5.41, 5.74) is -0.848. The van der Waals surface area contributed by atoms with Crippen molar-refractivity contribution < 1.29 is 24.5 Å². The van der Waals surface area contributed by atoms with Gasteiger partial charge in [0.05, 0.1) is 37.6 Å². The first-order valence-corrected chi connectivity index (χ1v) is 9.26. The molecule has 7 nitrogen and oxygen atoms in total. The van der Waals surface area contributed by atoms with Crippen molar-refractivity contribution in [1.82, 2.24) is 4.90 Å². The third-order valence-electron chi connectivity index (χ3n) is 5.31. The molecule has 2 aliphatic rings. The molecule has 0 saturated carbocycles. The van der Waals surface area contributed by atoms with E-state index in [4.69, 9.17) is 4.74 Å². The number of nitrogens with zero attached hydrogens (tertiary/aromatic N) is 2. The number of rotatable bonds is 5. The summed E-state index contributed by atoms with van der Waals surface area (Å²) in [5, 5.41) is 21.2. The molecule has 2 aromatic rings. The van der Waals surface area contributed by atoms with Crippen LogP contribution in [-0.2, 0) is 15.1 Å². The van der Waals surface area contributed by atoms with Gasteiger partial charge >= 0.3 is 0 Å². The zero-order chi connectivity index (χ0) is 19.7. The SMILES string of the molecule is O=C(C[C@]1(O)C(=O)N(CN2CCOCC2)c2ccccc21)c1ccccc1O. The molecule has 4 rings (SSSR count). The Morgan fingerprint density at radius 2 is 1.75 bits per heavy atom. The van der Waals surface area contributed by atoms with E-state index in [-0.39, 0.29) is 11.3 Å². The predicted molar refractivity (Wildman–Crippen MR) is 102 cm³/mol. The number of anilines is 1. The molecule has 0 radical (unpaired) electrons. The number of fused-ring (bicyclic) bond motifs is 1. The van der Waals surface area contributed by atoms with E-state index in [1.165, 1.54) is 17.0 Å². The second-order valence-corrected chi connectivity index (χ2v) is 7.10. The van der Waals surface area contributed by atoms with Crippen molar-refractivity contribution in [1.29, 1.82) is 0 Å². The summed E-state index contributed by atoms with van der Waals surface area (Å²) in [5.74, 6) is -1.18. The van der Waals surface area contributed by atoms with E-state index in [0.29, 0.717) is 44.2 Å². The molecule has 2 aliphatic heterocycles. The van der Waals surface area contributed by atoms with Gasteiger partial charge in [-0.25, -0.2) is 0 Å². The smallest absolute Gasteiger partial charge is 0.265 e. The Hall–Kier alpha value is -2.74. The lowest BCUT2D eigenvalue weighted by Crippen LogP contribution is -2.49. The van der Waals surface area contributed by atoms with Crippen LogP contribution in [0.1, 0.15) is 22.3 Å². The Morgan fingerprint density at radius 1 is 1.07 bits per heavy atom. The Balaban J connectivity index is 1.64. The summed E-state index contributed by atoms with van der Waals surface area (Å²) in [6.07, 6.45) is -0.431. The molecule has 146 valence electrons. The number of amides is 1. The van der Waals surface area contributed by atoms with Gasteiger partial charge in [0.1, 0.15) is 5.75 Å². The molecule has 2 aromatic carbocycles. The third kappa shape index (κ3) is 3.17. The van der Waals surface area contributed by atoms with Gasteiger partial charge in [-0.3, -0.25) is 19.4 Å². The van der Waals surface area contributed by atoms with Crippen LogP contribution in [0.2, 0.25) is 0 Å². The summed E-state index contributed by atoms with van der Waals surface area (Å²) in [6.45, 7) is 2.91. The summed E-state index contributed by atoms with van der Waals surface area (Å²) in [4.78, 5) is 29.6. The quantitative estimate of drug-likeness (QED) is 0.762. The van der Waals surface area contributed by atoms with Gasteiger partial charge in [0.15, 0.2) is 11.4 Å². The molecular formula is C21H22N2O5. The molecule has 0 unspecified atom stereocenters. The van der Waals surface area contributed by atoms with Gasteiger partial charge < -0.3 is 14.9 Å². The van der Waals surface area contributed by atoms with Crippen LogP contribution in [0.3, 0.4) is 0 Å². The third-order valence-corrected chi connectivity index (χ3v) is 5.31. The normalized spacial score (nSPS) is 22.3. The number of ether oxygens (including phenoxy) is 1. The zero-order valence-corrected chi connectivity index (χ0v) is 15.4. The molecular weight excluding hydrogens is 360 g/mol. The summed E-state index contributed by atoms with van der Waals surface area (Å²) >= 11 is 0. The highest BCUT2D eigenvalue weighted by Crippen LogP contribution is 2.43. The fourth-order valence-corrected chi connectivity index (χ4v) is 3.80. The van der Waals surface area contributed by atoms with Crippen molar-refractivity contribution in [2.24, 2.45) is 0 Å². The Kier molecular flexibility index (Phi) is 4.89. The Bertz CT molecular complexity index is 909. The van der Waals surface area contributed by atoms with E-state index in [1.54, 1.807) is 36.4 Å². The van der Waals surface area contributed by atoms with Crippen molar-refractivity contribution in [2.75, 3.05) is 37.9 Å². The molecule has 1 amide bonds. The summed E-state index contributed by atoms with van der Waals surface area (Å²) in [6, 6.07) is 13.1. The number of hydrogen-bond acceptors (Lipinski definition) is 6. The van der Waals surface area contributed by atoms with Crippen LogP contribution in [0.5, 0.6) is 5.75 Å². The predicted octanol–water partition coefficient (Wildman–Crippen LogP) is 1.49. The standard InChI is InChI=1S/C21H22N2O5/c24-18-8-4-1-5-15(18)19(25)13-21(27)16-6-2-3-7-17(16)23(20(21)26)14-22-9-11-28-12-10-22/h1-8,24,27H,9-14H2/t21-/m1/s1. The van der Waals surface area contributed by atoms with E-state index in [2.05, 4.69) is 4.90 Å². The molecule has 2 heterocycles. The number of morpholine rings is 1. The molecule has 2 N–H and O–H groups in total. The van der Waals surface area contributed by atoms with Crippen molar-refractivity contribution in [3.8, 4) is 5.75 Å². The maximum atomic E-state index is 13.2. The first-order chi connectivity index (χ1) is 13.5. The number of aliphatic hydroxyl groups is 1. The molecule has 1 atom stereocenters.